The van der Waals surface area contributed by atoms with Gasteiger partial charge in [0.25, 0.3) is 0 Å². The highest BCUT2D eigenvalue weighted by Gasteiger charge is 2.25. The fraction of sp³-hybridized carbons (Fsp3) is 0.733. The molecule has 3 nitrogen and oxygen atoms in total. The highest BCUT2D eigenvalue weighted by molar-refractivity contribution is 7.11. The Morgan fingerprint density at radius 2 is 2.21 bits per heavy atom. The third-order valence-electron chi connectivity index (χ3n) is 3.70. The van der Waals surface area contributed by atoms with Crippen molar-refractivity contribution in [1.82, 2.24) is 4.90 Å². The number of nitrogens with zero attached hydrogens (tertiary/aromatic N) is 1. The number of aryl methyl sites for hydroxylation is 1. The Bertz CT molecular complexity index is 378. The third-order valence-corrected chi connectivity index (χ3v) is 4.95. The van der Waals surface area contributed by atoms with Gasteiger partial charge in [0.05, 0.1) is 12.7 Å². The fourth-order valence-electron chi connectivity index (χ4n) is 2.60. The van der Waals surface area contributed by atoms with Crippen LogP contribution in [0.5, 0.6) is 0 Å². The first-order valence-corrected chi connectivity index (χ1v) is 8.21. The van der Waals surface area contributed by atoms with E-state index in [0.29, 0.717) is 0 Å². The summed E-state index contributed by atoms with van der Waals surface area (Å²) in [5.41, 5.74) is 6.34. The number of hydrogen-bond acceptors (Lipinski definition) is 4. The lowest BCUT2D eigenvalue weighted by Gasteiger charge is -2.35. The van der Waals surface area contributed by atoms with Crippen LogP contribution in [-0.2, 0) is 17.6 Å². The number of hydrogen-bond donors (Lipinski definition) is 1. The first-order valence-electron chi connectivity index (χ1n) is 7.40. The van der Waals surface area contributed by atoms with Gasteiger partial charge in [0.1, 0.15) is 0 Å². The summed E-state index contributed by atoms with van der Waals surface area (Å²) in [6, 6.07) is 4.55. The Kier molecular flexibility index (Phi) is 5.82. The monoisotopic (exact) mass is 282 g/mol. The molecule has 0 amide bonds. The minimum atomic E-state index is 0.114. The van der Waals surface area contributed by atoms with Gasteiger partial charge in [-0.2, -0.15) is 0 Å². The van der Waals surface area contributed by atoms with Gasteiger partial charge in [-0.3, -0.25) is 4.90 Å². The van der Waals surface area contributed by atoms with Crippen molar-refractivity contribution in [2.24, 2.45) is 5.73 Å². The van der Waals surface area contributed by atoms with Crippen LogP contribution in [0.1, 0.15) is 30.0 Å². The van der Waals surface area contributed by atoms with E-state index in [9.17, 15) is 0 Å². The molecule has 1 aromatic rings. The van der Waals surface area contributed by atoms with Gasteiger partial charge >= 0.3 is 0 Å². The first kappa shape index (κ1) is 15.0. The van der Waals surface area contributed by atoms with Crippen molar-refractivity contribution >= 4 is 11.3 Å². The van der Waals surface area contributed by atoms with Crippen molar-refractivity contribution in [2.75, 3.05) is 26.2 Å². The van der Waals surface area contributed by atoms with Crippen LogP contribution in [-0.4, -0.2) is 43.3 Å². The lowest BCUT2D eigenvalue weighted by Crippen LogP contribution is -2.51. The molecule has 0 radical (unpaired) electrons. The molecular weight excluding hydrogens is 256 g/mol. The number of nitrogens with two attached hydrogens (primary N) is 1. The van der Waals surface area contributed by atoms with Gasteiger partial charge < -0.3 is 10.5 Å². The predicted molar refractivity (Wildman–Crippen MR) is 81.8 cm³/mol. The zero-order valence-electron chi connectivity index (χ0n) is 12.1. The van der Waals surface area contributed by atoms with E-state index >= 15 is 0 Å². The van der Waals surface area contributed by atoms with E-state index in [4.69, 9.17) is 10.5 Å². The van der Waals surface area contributed by atoms with Gasteiger partial charge in [0, 0.05) is 28.9 Å². The molecule has 0 aromatic carbocycles. The normalized spacial score (nSPS) is 22.6. The van der Waals surface area contributed by atoms with Crippen molar-refractivity contribution in [3.05, 3.63) is 21.9 Å². The maximum atomic E-state index is 6.34. The highest BCUT2D eigenvalue weighted by atomic mass is 32.1. The van der Waals surface area contributed by atoms with Gasteiger partial charge in [-0.1, -0.05) is 13.8 Å². The Morgan fingerprint density at radius 3 is 2.89 bits per heavy atom. The van der Waals surface area contributed by atoms with Crippen LogP contribution in [0.3, 0.4) is 0 Å². The summed E-state index contributed by atoms with van der Waals surface area (Å²) in [7, 11) is 0. The molecule has 2 unspecified atom stereocenters. The summed E-state index contributed by atoms with van der Waals surface area (Å²) >= 11 is 1.89. The van der Waals surface area contributed by atoms with Gasteiger partial charge in [-0.05, 0) is 37.9 Å². The predicted octanol–water partition coefficient (Wildman–Crippen LogP) is 2.29. The molecule has 1 aromatic heterocycles. The van der Waals surface area contributed by atoms with Crippen LogP contribution in [0.2, 0.25) is 0 Å². The quantitative estimate of drug-likeness (QED) is 0.870. The molecule has 0 saturated carbocycles. The third kappa shape index (κ3) is 4.28. The van der Waals surface area contributed by atoms with Crippen LogP contribution in [0.15, 0.2) is 12.1 Å². The summed E-state index contributed by atoms with van der Waals surface area (Å²) in [6.45, 7) is 8.44. The largest absolute Gasteiger partial charge is 0.374 e. The first-order chi connectivity index (χ1) is 9.22. The van der Waals surface area contributed by atoms with E-state index in [1.807, 2.05) is 11.3 Å². The molecule has 0 spiro atoms. The molecule has 0 aliphatic carbocycles. The number of rotatable bonds is 6. The van der Waals surface area contributed by atoms with E-state index in [-0.39, 0.29) is 12.1 Å². The van der Waals surface area contributed by atoms with Crippen LogP contribution in [0.4, 0.5) is 0 Å². The molecule has 1 fully saturated rings. The van der Waals surface area contributed by atoms with Gasteiger partial charge in [-0.25, -0.2) is 0 Å². The second kappa shape index (κ2) is 7.39. The highest BCUT2D eigenvalue weighted by Crippen LogP contribution is 2.20. The average Bonchev–Trinajstić information content (AvgIpc) is 2.87. The molecular formula is C15H26N2OS. The van der Waals surface area contributed by atoms with Crippen LogP contribution in [0.25, 0.3) is 0 Å². The summed E-state index contributed by atoms with van der Waals surface area (Å²) < 4.78 is 5.86. The standard InChI is InChI=1S/C15H26N2OS/c1-3-7-17-8-9-18-15(11-17)14(16)10-13-6-5-12(4-2)19-13/h5-6,14-15H,3-4,7-11,16H2,1-2H3. The van der Waals surface area contributed by atoms with Gasteiger partial charge in [0.2, 0.25) is 0 Å². The zero-order chi connectivity index (χ0) is 13.7. The molecule has 19 heavy (non-hydrogen) atoms. The topological polar surface area (TPSA) is 38.5 Å². The molecule has 2 heterocycles. The molecule has 1 saturated heterocycles. The lowest BCUT2D eigenvalue weighted by molar-refractivity contribution is -0.0399. The SMILES string of the molecule is CCCN1CCOC(C(N)Cc2ccc(CC)s2)C1. The molecule has 4 heteroatoms. The van der Waals surface area contributed by atoms with Crippen LogP contribution < -0.4 is 5.73 Å². The molecule has 1 aliphatic heterocycles. The van der Waals surface area contributed by atoms with E-state index in [1.54, 1.807) is 0 Å². The Hall–Kier alpha value is -0.420. The maximum Gasteiger partial charge on any atom is 0.0856 e. The van der Waals surface area contributed by atoms with Crippen molar-refractivity contribution in [1.29, 1.82) is 0 Å². The van der Waals surface area contributed by atoms with E-state index in [1.165, 1.54) is 16.2 Å². The van der Waals surface area contributed by atoms with Crippen molar-refractivity contribution in [2.45, 2.75) is 45.3 Å². The van der Waals surface area contributed by atoms with Crippen molar-refractivity contribution in [3.63, 3.8) is 0 Å². The zero-order valence-corrected chi connectivity index (χ0v) is 12.9. The minimum Gasteiger partial charge on any atom is -0.374 e. The van der Waals surface area contributed by atoms with E-state index < -0.39 is 0 Å². The molecule has 108 valence electrons. The van der Waals surface area contributed by atoms with E-state index in [0.717, 1.165) is 39.1 Å². The van der Waals surface area contributed by atoms with E-state index in [2.05, 4.69) is 30.9 Å². The summed E-state index contributed by atoms with van der Waals surface area (Å²) in [6.07, 6.45) is 3.44. The van der Waals surface area contributed by atoms with Gasteiger partial charge in [-0.15, -0.1) is 11.3 Å². The number of morpholine rings is 1. The van der Waals surface area contributed by atoms with Gasteiger partial charge in [0.15, 0.2) is 0 Å². The number of thiophene rings is 1. The Morgan fingerprint density at radius 1 is 1.42 bits per heavy atom. The average molecular weight is 282 g/mol. The van der Waals surface area contributed by atoms with Crippen molar-refractivity contribution in [3.8, 4) is 0 Å². The molecule has 2 N–H and O–H groups in total. The molecule has 1 aliphatic rings. The fourth-order valence-corrected chi connectivity index (χ4v) is 3.62. The van der Waals surface area contributed by atoms with Crippen LogP contribution in [0, 0.1) is 0 Å². The summed E-state index contributed by atoms with van der Waals surface area (Å²) in [5, 5.41) is 0. The Labute approximate surface area is 120 Å². The Balaban J connectivity index is 1.86. The number of ether oxygens (including phenoxy) is 1. The van der Waals surface area contributed by atoms with Crippen molar-refractivity contribution < 1.29 is 4.74 Å². The second-order valence-corrected chi connectivity index (χ2v) is 6.55. The summed E-state index contributed by atoms with van der Waals surface area (Å²) in [4.78, 5) is 5.31. The molecule has 0 bridgehead atoms. The molecule has 2 atom stereocenters. The van der Waals surface area contributed by atoms with Crippen LogP contribution >= 0.6 is 11.3 Å². The summed E-state index contributed by atoms with van der Waals surface area (Å²) in [5.74, 6) is 0. The molecule has 2 rings (SSSR count). The smallest absolute Gasteiger partial charge is 0.0856 e. The minimum absolute atomic E-state index is 0.114. The second-order valence-electron chi connectivity index (χ2n) is 5.30. The lowest BCUT2D eigenvalue weighted by atomic mass is 10.1. The maximum absolute atomic E-state index is 6.34.